The summed E-state index contributed by atoms with van der Waals surface area (Å²) in [4.78, 5) is -0.369. The van der Waals surface area contributed by atoms with Crippen LogP contribution in [0.1, 0.15) is 31.6 Å². The monoisotopic (exact) mass is 524 g/mol. The van der Waals surface area contributed by atoms with E-state index < -0.39 is 26.6 Å². The van der Waals surface area contributed by atoms with Gasteiger partial charge in [0.2, 0.25) is 0 Å². The molecule has 1 N–H and O–H groups in total. The molecule has 2 aromatic rings. The van der Waals surface area contributed by atoms with Crippen LogP contribution in [0.25, 0.3) is 10.1 Å². The predicted molar refractivity (Wildman–Crippen MR) is 106 cm³/mol. The molecule has 2 rings (SSSR count). The van der Waals surface area contributed by atoms with Gasteiger partial charge in [-0.15, -0.1) is 11.3 Å². The number of phenols is 1. The van der Waals surface area contributed by atoms with Crippen molar-refractivity contribution in [2.75, 3.05) is 19.8 Å². The van der Waals surface area contributed by atoms with Gasteiger partial charge in [-0.1, -0.05) is 0 Å². The van der Waals surface area contributed by atoms with Crippen molar-refractivity contribution in [2.45, 2.75) is 38.5 Å². The fraction of sp³-hybridized carbons (Fsp3) is 0.529. The predicted octanol–water partition coefficient (Wildman–Crippen LogP) is 7.52. The van der Waals surface area contributed by atoms with E-state index in [0.717, 1.165) is 0 Å². The van der Waals surface area contributed by atoms with Gasteiger partial charge >= 0.3 is 11.8 Å². The van der Waals surface area contributed by atoms with Gasteiger partial charge in [-0.3, -0.25) is 0 Å². The number of hydrogen-bond donors (Lipinski definition) is 1. The molecule has 0 aliphatic rings. The summed E-state index contributed by atoms with van der Waals surface area (Å²) in [6.45, 7) is 2.96. The Hall–Kier alpha value is -0.740. The van der Waals surface area contributed by atoms with E-state index in [1.54, 1.807) is 13.8 Å². The number of thiophene rings is 1. The molecule has 0 aliphatic carbocycles. The minimum absolute atomic E-state index is 0.0343. The highest BCUT2D eigenvalue weighted by Crippen LogP contribution is 2.63. The smallest absolute Gasteiger partial charge is 0.389 e. The highest BCUT2D eigenvalue weighted by Gasteiger charge is 2.48. The summed E-state index contributed by atoms with van der Waals surface area (Å²) >= 11 is 3.86. The Labute approximate surface area is 178 Å². The van der Waals surface area contributed by atoms with Crippen molar-refractivity contribution in [3.8, 4) is 11.5 Å². The fourth-order valence-electron chi connectivity index (χ4n) is 2.40. The van der Waals surface area contributed by atoms with E-state index in [2.05, 4.69) is 15.9 Å². The van der Waals surface area contributed by atoms with E-state index in [0.29, 0.717) is 11.3 Å². The second kappa shape index (κ2) is 10.0. The Bertz CT molecular complexity index is 824. The van der Waals surface area contributed by atoms with E-state index in [1.165, 1.54) is 12.1 Å². The molecule has 0 fully saturated rings. The molecule has 29 heavy (non-hydrogen) atoms. The topological polar surface area (TPSA) is 47.9 Å². The van der Waals surface area contributed by atoms with Crippen LogP contribution in [0.3, 0.4) is 0 Å². The summed E-state index contributed by atoms with van der Waals surface area (Å²) in [6, 6.07) is 2.47. The first-order valence-corrected chi connectivity index (χ1v) is 11.4. The maximum atomic E-state index is 15.1. The number of ether oxygens (including phenoxy) is 1. The van der Waals surface area contributed by atoms with Gasteiger partial charge < -0.3 is 18.9 Å². The minimum atomic E-state index is -4.31. The zero-order chi connectivity index (χ0) is 21.8. The van der Waals surface area contributed by atoms with Gasteiger partial charge in [-0.25, -0.2) is 0 Å². The number of aromatic hydroxyl groups is 1. The third-order valence-corrected chi connectivity index (χ3v) is 7.73. The van der Waals surface area contributed by atoms with E-state index >= 15 is 8.78 Å². The molecule has 0 bridgehead atoms. The molecular formula is C17H19BrF5O4PS. The molecule has 1 aromatic carbocycles. The van der Waals surface area contributed by atoms with Crippen LogP contribution in [0.2, 0.25) is 0 Å². The number of rotatable bonds is 10. The van der Waals surface area contributed by atoms with Crippen LogP contribution in [0.5, 0.6) is 11.5 Å². The van der Waals surface area contributed by atoms with Crippen LogP contribution in [0.15, 0.2) is 16.6 Å². The molecule has 0 saturated carbocycles. The van der Waals surface area contributed by atoms with E-state index in [9.17, 15) is 18.3 Å². The van der Waals surface area contributed by atoms with E-state index in [4.69, 9.17) is 13.8 Å². The van der Waals surface area contributed by atoms with Gasteiger partial charge in [-0.05, 0) is 42.3 Å². The third-order valence-electron chi connectivity index (χ3n) is 3.54. The average Bonchev–Trinajstić information content (AvgIpc) is 2.95. The van der Waals surface area contributed by atoms with Gasteiger partial charge in [0.1, 0.15) is 11.5 Å². The summed E-state index contributed by atoms with van der Waals surface area (Å²) in [5.74, 6) is -0.222. The first-order chi connectivity index (χ1) is 13.5. The van der Waals surface area contributed by atoms with Crippen molar-refractivity contribution >= 4 is 45.7 Å². The number of hydrogen-bond acceptors (Lipinski definition) is 5. The van der Waals surface area contributed by atoms with Crippen LogP contribution in [0.4, 0.5) is 22.0 Å². The molecule has 0 unspecified atom stereocenters. The summed E-state index contributed by atoms with van der Waals surface area (Å²) in [5.41, 5.74) is -3.45. The standard InChI is InChI=1S/C17H19BrF5O4PS/c1-3-26-28(27-4-2)17(22,23)15-13(18)11-8-10(24)9-12(14(11)29-15)25-7-5-6-16(19,20)21/h8-9,24H,3-7H2,1-2H3. The van der Waals surface area contributed by atoms with Crippen LogP contribution in [-0.4, -0.2) is 31.1 Å². The van der Waals surface area contributed by atoms with E-state index in [-0.39, 0.29) is 57.2 Å². The highest BCUT2D eigenvalue weighted by atomic mass is 79.9. The Balaban J connectivity index is 2.38. The summed E-state index contributed by atoms with van der Waals surface area (Å²) < 4.78 is 82.9. The van der Waals surface area contributed by atoms with Gasteiger partial charge in [0, 0.05) is 22.3 Å². The van der Waals surface area contributed by atoms with Crippen LogP contribution in [-0.2, 0) is 14.7 Å². The Kier molecular flexibility index (Phi) is 8.50. The first kappa shape index (κ1) is 24.5. The molecule has 0 spiro atoms. The second-order valence-corrected chi connectivity index (χ2v) is 9.17. The minimum Gasteiger partial charge on any atom is -0.508 e. The molecule has 1 aromatic heterocycles. The Morgan fingerprint density at radius 1 is 1.10 bits per heavy atom. The maximum Gasteiger partial charge on any atom is 0.389 e. The lowest BCUT2D eigenvalue weighted by Gasteiger charge is -2.24. The summed E-state index contributed by atoms with van der Waals surface area (Å²) in [5, 5.41) is 10.2. The molecule has 0 aliphatic heterocycles. The number of fused-ring (bicyclic) bond motifs is 1. The molecular weight excluding hydrogens is 506 g/mol. The van der Waals surface area contributed by atoms with Crippen LogP contribution < -0.4 is 4.74 Å². The molecule has 12 heteroatoms. The van der Waals surface area contributed by atoms with Gasteiger partial charge in [0.25, 0.3) is 8.38 Å². The van der Waals surface area contributed by atoms with Gasteiger partial charge in [-0.2, -0.15) is 22.0 Å². The van der Waals surface area contributed by atoms with Crippen LogP contribution >= 0.6 is 35.6 Å². The lowest BCUT2D eigenvalue weighted by atomic mass is 10.2. The number of alkyl halides is 5. The third kappa shape index (κ3) is 6.13. The molecule has 0 amide bonds. The van der Waals surface area contributed by atoms with Crippen molar-refractivity contribution in [1.82, 2.24) is 0 Å². The number of halogens is 6. The average molecular weight is 525 g/mol. The van der Waals surface area contributed by atoms with Crippen LogP contribution in [0, 0.1) is 0 Å². The van der Waals surface area contributed by atoms with Crippen molar-refractivity contribution in [1.29, 1.82) is 0 Å². The van der Waals surface area contributed by atoms with Crippen molar-refractivity contribution in [3.63, 3.8) is 0 Å². The molecule has 4 nitrogen and oxygen atoms in total. The zero-order valence-corrected chi connectivity index (χ0v) is 18.8. The van der Waals surface area contributed by atoms with Crippen molar-refractivity contribution < 1.29 is 40.8 Å². The van der Waals surface area contributed by atoms with Gasteiger partial charge in [0.05, 0.1) is 29.4 Å². The summed E-state index contributed by atoms with van der Waals surface area (Å²) in [7, 11) is -2.56. The fourth-order valence-corrected chi connectivity index (χ4v) is 6.01. The SMILES string of the molecule is CCOP(OCC)C(F)(F)c1sc2c(OCCCC(F)(F)F)cc(O)cc2c1Br. The number of benzene rings is 1. The molecule has 1 heterocycles. The normalized spacial score (nSPS) is 12.9. The lowest BCUT2D eigenvalue weighted by molar-refractivity contribution is -0.136. The van der Waals surface area contributed by atoms with E-state index in [1.807, 2.05) is 0 Å². The molecule has 0 atom stereocenters. The lowest BCUT2D eigenvalue weighted by Crippen LogP contribution is -2.13. The Morgan fingerprint density at radius 2 is 1.72 bits per heavy atom. The number of phenolic OH excluding ortho intramolecular Hbond substituents is 1. The maximum absolute atomic E-state index is 15.1. The van der Waals surface area contributed by atoms with Gasteiger partial charge in [0.15, 0.2) is 0 Å². The molecule has 0 radical (unpaired) electrons. The second-order valence-electron chi connectivity index (χ2n) is 5.77. The quantitative estimate of drug-likeness (QED) is 0.198. The van der Waals surface area contributed by atoms with Crippen molar-refractivity contribution in [3.05, 3.63) is 21.5 Å². The first-order valence-electron chi connectivity index (χ1n) is 8.60. The molecule has 164 valence electrons. The zero-order valence-electron chi connectivity index (χ0n) is 15.5. The summed E-state index contributed by atoms with van der Waals surface area (Å²) in [6.07, 6.45) is -5.63. The highest BCUT2D eigenvalue weighted by molar-refractivity contribution is 9.10. The largest absolute Gasteiger partial charge is 0.508 e. The molecule has 0 saturated heterocycles. The van der Waals surface area contributed by atoms with Crippen molar-refractivity contribution in [2.24, 2.45) is 0 Å². The Morgan fingerprint density at radius 3 is 2.28 bits per heavy atom.